The van der Waals surface area contributed by atoms with E-state index in [2.05, 4.69) is 21.8 Å². The van der Waals surface area contributed by atoms with Crippen LogP contribution in [0.15, 0.2) is 72.8 Å². The van der Waals surface area contributed by atoms with Gasteiger partial charge in [-0.2, -0.15) is 0 Å². The number of carbonyl (C=O) groups is 1. The van der Waals surface area contributed by atoms with E-state index >= 15 is 0 Å². The van der Waals surface area contributed by atoms with Gasteiger partial charge in [0.1, 0.15) is 12.4 Å². The van der Waals surface area contributed by atoms with Gasteiger partial charge in [0.25, 0.3) is 0 Å². The van der Waals surface area contributed by atoms with Crippen molar-refractivity contribution in [3.8, 4) is 17.2 Å². The summed E-state index contributed by atoms with van der Waals surface area (Å²) in [6.45, 7) is 3.49. The van der Waals surface area contributed by atoms with Gasteiger partial charge in [-0.25, -0.2) is 0 Å². The highest BCUT2D eigenvalue weighted by Gasteiger charge is 2.23. The Balaban J connectivity index is 1.34. The van der Waals surface area contributed by atoms with E-state index in [1.165, 1.54) is 7.11 Å². The third-order valence-electron chi connectivity index (χ3n) is 5.37. The largest absolute Gasteiger partial charge is 0.492 e. The minimum atomic E-state index is -0.272. The van der Waals surface area contributed by atoms with E-state index in [0.29, 0.717) is 19.8 Å². The Hall–Kier alpha value is -3.51. The van der Waals surface area contributed by atoms with Crippen molar-refractivity contribution in [3.05, 3.63) is 78.4 Å². The van der Waals surface area contributed by atoms with Gasteiger partial charge in [0, 0.05) is 0 Å². The van der Waals surface area contributed by atoms with E-state index in [4.69, 9.17) is 14.2 Å². The molecule has 0 amide bonds. The number of nitrogens with zero attached hydrogens (tertiary/aromatic N) is 1. The smallest absolute Gasteiger partial charge is 0.307 e. The van der Waals surface area contributed by atoms with Crippen LogP contribution >= 0.6 is 0 Å². The molecule has 1 heterocycles. The van der Waals surface area contributed by atoms with Crippen LogP contribution in [0, 0.1) is 0 Å². The second-order valence-electron chi connectivity index (χ2n) is 7.45. The van der Waals surface area contributed by atoms with Crippen LogP contribution in [0.25, 0.3) is 0 Å². The number of hydrogen-bond acceptors (Lipinski definition) is 6. The molecule has 0 aromatic heterocycles. The van der Waals surface area contributed by atoms with Crippen molar-refractivity contribution in [2.45, 2.75) is 19.4 Å². The molecule has 4 rings (SSSR count). The summed E-state index contributed by atoms with van der Waals surface area (Å²) in [6, 6.07) is 23.9. The number of methoxy groups -OCH3 is 1. The Labute approximate surface area is 188 Å². The van der Waals surface area contributed by atoms with Crippen LogP contribution in [0.4, 0.5) is 11.4 Å². The Bertz CT molecular complexity index is 1000. The number of para-hydroxylation sites is 4. The topological polar surface area (TPSA) is 57.2 Å². The average molecular weight is 434 g/mol. The molecular formula is C26H27NO5. The van der Waals surface area contributed by atoms with Gasteiger partial charge >= 0.3 is 5.97 Å². The Morgan fingerprint density at radius 1 is 0.906 bits per heavy atom. The number of fused-ring (bicyclic) bond motifs is 2. The zero-order chi connectivity index (χ0) is 22.3. The molecule has 0 fully saturated rings. The van der Waals surface area contributed by atoms with Crippen LogP contribution in [0.2, 0.25) is 0 Å². The quantitative estimate of drug-likeness (QED) is 0.407. The van der Waals surface area contributed by atoms with Crippen molar-refractivity contribution in [2.75, 3.05) is 31.8 Å². The van der Waals surface area contributed by atoms with E-state index in [9.17, 15) is 4.79 Å². The van der Waals surface area contributed by atoms with Crippen molar-refractivity contribution in [1.82, 2.24) is 0 Å². The third kappa shape index (κ3) is 5.03. The van der Waals surface area contributed by atoms with Crippen LogP contribution in [0.3, 0.4) is 0 Å². The zero-order valence-electron chi connectivity index (χ0n) is 18.3. The molecule has 166 valence electrons. The summed E-state index contributed by atoms with van der Waals surface area (Å²) in [6.07, 6.45) is 0.130. The minimum absolute atomic E-state index is 0.116. The first-order chi connectivity index (χ1) is 15.7. The van der Waals surface area contributed by atoms with Crippen molar-refractivity contribution in [2.24, 2.45) is 0 Å². The van der Waals surface area contributed by atoms with E-state index < -0.39 is 0 Å². The second kappa shape index (κ2) is 10.2. The summed E-state index contributed by atoms with van der Waals surface area (Å²) in [5, 5.41) is 0. The maximum atomic E-state index is 11.2. The molecule has 0 bridgehead atoms. The molecule has 3 aromatic carbocycles. The van der Waals surface area contributed by atoms with Gasteiger partial charge in [0.15, 0.2) is 11.5 Å². The van der Waals surface area contributed by atoms with Crippen molar-refractivity contribution < 1.29 is 23.7 Å². The lowest BCUT2D eigenvalue weighted by Gasteiger charge is -2.32. The first-order valence-electron chi connectivity index (χ1n) is 10.7. The second-order valence-corrected chi connectivity index (χ2v) is 7.45. The molecule has 6 nitrogen and oxygen atoms in total. The molecule has 6 heteroatoms. The summed E-state index contributed by atoms with van der Waals surface area (Å²) in [7, 11) is 1.38. The molecule has 32 heavy (non-hydrogen) atoms. The van der Waals surface area contributed by atoms with E-state index in [0.717, 1.165) is 34.2 Å². The van der Waals surface area contributed by atoms with Crippen LogP contribution in [0.5, 0.6) is 17.2 Å². The number of esters is 1. The number of rotatable bonds is 9. The summed E-state index contributed by atoms with van der Waals surface area (Å²) >= 11 is 0. The zero-order valence-corrected chi connectivity index (χ0v) is 18.3. The van der Waals surface area contributed by atoms with Crippen LogP contribution in [-0.4, -0.2) is 32.8 Å². The summed E-state index contributed by atoms with van der Waals surface area (Å²) < 4.78 is 22.4. The first kappa shape index (κ1) is 21.7. The molecule has 0 N–H and O–H groups in total. The lowest BCUT2D eigenvalue weighted by molar-refractivity contribution is -0.142. The van der Waals surface area contributed by atoms with Crippen molar-refractivity contribution in [1.29, 1.82) is 0 Å². The number of ether oxygens (including phenoxy) is 4. The number of benzene rings is 3. The van der Waals surface area contributed by atoms with Gasteiger partial charge in [0.05, 0.1) is 44.2 Å². The molecular weight excluding hydrogens is 406 g/mol. The number of carbonyl (C=O) groups excluding carboxylic acids is 1. The SMILES string of the molecule is COC(=O)CCOC(C)c1ccc(OCCN2c3ccccc3Oc3ccccc32)cc1. The third-order valence-corrected chi connectivity index (χ3v) is 5.37. The molecule has 0 saturated carbocycles. The highest BCUT2D eigenvalue weighted by molar-refractivity contribution is 5.77. The molecule has 1 unspecified atom stereocenters. The minimum Gasteiger partial charge on any atom is -0.492 e. The molecule has 1 aliphatic rings. The monoisotopic (exact) mass is 433 g/mol. The fraction of sp³-hybridized carbons (Fsp3) is 0.269. The van der Waals surface area contributed by atoms with E-state index in [1.54, 1.807) is 0 Å². The van der Waals surface area contributed by atoms with E-state index in [-0.39, 0.29) is 18.5 Å². The fourth-order valence-corrected chi connectivity index (χ4v) is 3.63. The maximum absolute atomic E-state index is 11.2. The Morgan fingerprint density at radius 3 is 2.16 bits per heavy atom. The number of anilines is 2. The molecule has 1 aliphatic heterocycles. The molecule has 1 atom stereocenters. The lowest BCUT2D eigenvalue weighted by Crippen LogP contribution is -2.26. The van der Waals surface area contributed by atoms with Gasteiger partial charge in [0.2, 0.25) is 0 Å². The van der Waals surface area contributed by atoms with E-state index in [1.807, 2.05) is 67.6 Å². The predicted molar refractivity (Wildman–Crippen MR) is 123 cm³/mol. The average Bonchev–Trinajstić information content (AvgIpc) is 2.83. The summed E-state index contributed by atoms with van der Waals surface area (Å²) in [5.74, 6) is 2.21. The van der Waals surface area contributed by atoms with Gasteiger partial charge < -0.3 is 23.8 Å². The predicted octanol–water partition coefficient (Wildman–Crippen LogP) is 5.65. The van der Waals surface area contributed by atoms with Crippen LogP contribution < -0.4 is 14.4 Å². The summed E-state index contributed by atoms with van der Waals surface area (Å²) in [5.41, 5.74) is 3.09. The number of hydrogen-bond donors (Lipinski definition) is 0. The van der Waals surface area contributed by atoms with Crippen LogP contribution in [-0.2, 0) is 14.3 Å². The molecule has 0 radical (unpaired) electrons. The highest BCUT2D eigenvalue weighted by atomic mass is 16.5. The molecule has 0 spiro atoms. The Kier molecular flexibility index (Phi) is 6.92. The van der Waals surface area contributed by atoms with Crippen molar-refractivity contribution in [3.63, 3.8) is 0 Å². The van der Waals surface area contributed by atoms with Crippen LogP contribution in [0.1, 0.15) is 25.0 Å². The molecule has 0 aliphatic carbocycles. The van der Waals surface area contributed by atoms with Gasteiger partial charge in [-0.1, -0.05) is 36.4 Å². The Morgan fingerprint density at radius 2 is 1.53 bits per heavy atom. The lowest BCUT2D eigenvalue weighted by atomic mass is 10.1. The molecule has 0 saturated heterocycles. The van der Waals surface area contributed by atoms with Gasteiger partial charge in [-0.3, -0.25) is 4.79 Å². The summed E-state index contributed by atoms with van der Waals surface area (Å²) in [4.78, 5) is 13.4. The first-order valence-corrected chi connectivity index (χ1v) is 10.7. The highest BCUT2D eigenvalue weighted by Crippen LogP contribution is 2.45. The molecule has 3 aromatic rings. The van der Waals surface area contributed by atoms with Crippen molar-refractivity contribution >= 4 is 17.3 Å². The van der Waals surface area contributed by atoms with Gasteiger partial charge in [-0.15, -0.1) is 0 Å². The fourth-order valence-electron chi connectivity index (χ4n) is 3.63. The normalized spacial score (nSPS) is 12.9. The maximum Gasteiger partial charge on any atom is 0.307 e. The van der Waals surface area contributed by atoms with Gasteiger partial charge in [-0.05, 0) is 48.9 Å². The standard InChI is InChI=1S/C26H27NO5/c1-19(30-17-15-26(28)29-2)20-11-13-21(14-12-20)31-18-16-27-22-7-3-5-9-24(22)32-25-10-6-4-8-23(25)27/h3-14,19H,15-18H2,1-2H3.